The minimum atomic E-state index is -0.324. The maximum absolute atomic E-state index is 11.8. The number of allylic oxidation sites excluding steroid dienone is 2. The molecule has 0 unspecified atom stereocenters. The molecule has 14 heavy (non-hydrogen) atoms. The summed E-state index contributed by atoms with van der Waals surface area (Å²) in [4.78, 5) is 23.2. The van der Waals surface area contributed by atoms with Gasteiger partial charge in [0.25, 0.3) is 0 Å². The van der Waals surface area contributed by atoms with Crippen LogP contribution in [0.1, 0.15) is 33.6 Å². The van der Waals surface area contributed by atoms with Crippen LogP contribution in [0.25, 0.3) is 0 Å². The van der Waals surface area contributed by atoms with E-state index in [0.717, 1.165) is 0 Å². The number of ketones is 2. The Hall–Kier alpha value is -0.920. The van der Waals surface area contributed by atoms with Crippen molar-refractivity contribution >= 4 is 11.6 Å². The Morgan fingerprint density at radius 1 is 1.29 bits per heavy atom. The van der Waals surface area contributed by atoms with E-state index < -0.39 is 0 Å². The van der Waals surface area contributed by atoms with Crippen molar-refractivity contribution in [1.82, 2.24) is 0 Å². The van der Waals surface area contributed by atoms with Gasteiger partial charge in [-0.1, -0.05) is 26.8 Å². The van der Waals surface area contributed by atoms with E-state index in [1.54, 1.807) is 6.08 Å². The van der Waals surface area contributed by atoms with Gasteiger partial charge in [-0.05, 0) is 17.4 Å². The number of carbonyl (C=O) groups excluding carboxylic acids is 2. The predicted molar refractivity (Wildman–Crippen MR) is 53.8 cm³/mol. The first kappa shape index (κ1) is 9.63. The Bertz CT molecular complexity index is 338. The van der Waals surface area contributed by atoms with Gasteiger partial charge in [-0.2, -0.15) is 0 Å². The molecule has 0 aromatic carbocycles. The smallest absolute Gasteiger partial charge is 0.155 e. The summed E-state index contributed by atoms with van der Waals surface area (Å²) in [6.07, 6.45) is 4.71. The van der Waals surface area contributed by atoms with Gasteiger partial charge in [0.2, 0.25) is 0 Å². The van der Waals surface area contributed by atoms with Crippen LogP contribution >= 0.6 is 0 Å². The van der Waals surface area contributed by atoms with Crippen molar-refractivity contribution in [3.63, 3.8) is 0 Å². The van der Waals surface area contributed by atoms with Crippen molar-refractivity contribution in [3.05, 3.63) is 12.2 Å². The molecule has 0 spiro atoms. The highest BCUT2D eigenvalue weighted by atomic mass is 16.1. The molecule has 2 aliphatic rings. The van der Waals surface area contributed by atoms with Crippen LogP contribution < -0.4 is 0 Å². The summed E-state index contributed by atoms with van der Waals surface area (Å²) in [5, 5.41) is 0. The van der Waals surface area contributed by atoms with Crippen LogP contribution in [-0.4, -0.2) is 11.6 Å². The fraction of sp³-hybridized carbons (Fsp3) is 0.667. The summed E-state index contributed by atoms with van der Waals surface area (Å²) in [6.45, 7) is 6.03. The zero-order valence-corrected chi connectivity index (χ0v) is 8.96. The zero-order valence-electron chi connectivity index (χ0n) is 8.96. The lowest BCUT2D eigenvalue weighted by molar-refractivity contribution is -0.126. The Morgan fingerprint density at radius 3 is 2.57 bits per heavy atom. The van der Waals surface area contributed by atoms with E-state index in [-0.39, 0.29) is 22.5 Å². The molecule has 2 rings (SSSR count). The van der Waals surface area contributed by atoms with E-state index in [9.17, 15) is 9.59 Å². The van der Waals surface area contributed by atoms with Crippen LogP contribution in [0.3, 0.4) is 0 Å². The maximum atomic E-state index is 11.8. The Labute approximate surface area is 84.4 Å². The van der Waals surface area contributed by atoms with Crippen LogP contribution in [0.2, 0.25) is 0 Å². The minimum absolute atomic E-state index is 0.0749. The molecule has 0 N–H and O–H groups in total. The first-order valence-corrected chi connectivity index (χ1v) is 5.12. The van der Waals surface area contributed by atoms with Gasteiger partial charge in [-0.3, -0.25) is 9.59 Å². The predicted octanol–water partition coefficient (Wildman–Crippen LogP) is 2.14. The number of fused-ring (bicyclic) bond motifs is 1. The number of hydrogen-bond acceptors (Lipinski definition) is 2. The third-order valence-corrected chi connectivity index (χ3v) is 3.98. The van der Waals surface area contributed by atoms with Crippen LogP contribution in [0.15, 0.2) is 12.2 Å². The van der Waals surface area contributed by atoms with Gasteiger partial charge < -0.3 is 0 Å². The van der Waals surface area contributed by atoms with E-state index >= 15 is 0 Å². The second kappa shape index (κ2) is 2.56. The van der Waals surface area contributed by atoms with E-state index in [0.29, 0.717) is 18.6 Å². The van der Waals surface area contributed by atoms with E-state index in [1.165, 1.54) is 0 Å². The Kier molecular flexibility index (Phi) is 1.76. The van der Waals surface area contributed by atoms with Crippen molar-refractivity contribution in [2.24, 2.45) is 16.7 Å². The lowest BCUT2D eigenvalue weighted by Crippen LogP contribution is -2.34. The maximum Gasteiger partial charge on any atom is 0.155 e. The molecule has 0 aromatic rings. The van der Waals surface area contributed by atoms with Crippen molar-refractivity contribution in [2.45, 2.75) is 33.6 Å². The molecule has 1 saturated carbocycles. The topological polar surface area (TPSA) is 34.1 Å². The second-order valence-corrected chi connectivity index (χ2v) is 5.38. The number of Topliss-reactive ketones (excluding diaryl/α,β-unsaturated/α-hetero) is 1. The van der Waals surface area contributed by atoms with Gasteiger partial charge in [0, 0.05) is 18.3 Å². The summed E-state index contributed by atoms with van der Waals surface area (Å²) in [6, 6.07) is 0. The van der Waals surface area contributed by atoms with Crippen LogP contribution in [0, 0.1) is 16.7 Å². The molecule has 0 radical (unpaired) electrons. The fourth-order valence-corrected chi connectivity index (χ4v) is 2.93. The first-order valence-electron chi connectivity index (χ1n) is 5.12. The SMILES string of the molecule is CC1(C)C(=O)C[C@]2(C)C=CC(=O)C[C@H]12. The van der Waals surface area contributed by atoms with Crippen molar-refractivity contribution in [1.29, 1.82) is 0 Å². The Balaban J connectivity index is 2.46. The van der Waals surface area contributed by atoms with Gasteiger partial charge in [-0.25, -0.2) is 0 Å². The fourth-order valence-electron chi connectivity index (χ4n) is 2.93. The van der Waals surface area contributed by atoms with Crippen LogP contribution in [0.5, 0.6) is 0 Å². The normalized spacial score (nSPS) is 40.1. The molecule has 2 atom stereocenters. The molecule has 2 nitrogen and oxygen atoms in total. The molecule has 1 fully saturated rings. The summed E-state index contributed by atoms with van der Waals surface area (Å²) in [7, 11) is 0. The average Bonchev–Trinajstić information content (AvgIpc) is 2.24. The summed E-state index contributed by atoms with van der Waals surface area (Å²) < 4.78 is 0. The van der Waals surface area contributed by atoms with Crippen molar-refractivity contribution in [2.75, 3.05) is 0 Å². The van der Waals surface area contributed by atoms with Crippen molar-refractivity contribution < 1.29 is 9.59 Å². The van der Waals surface area contributed by atoms with E-state index in [2.05, 4.69) is 6.92 Å². The minimum Gasteiger partial charge on any atom is -0.299 e. The van der Waals surface area contributed by atoms with Crippen molar-refractivity contribution in [3.8, 4) is 0 Å². The lowest BCUT2D eigenvalue weighted by atomic mass is 9.66. The van der Waals surface area contributed by atoms with E-state index in [1.807, 2.05) is 19.9 Å². The highest BCUT2D eigenvalue weighted by Crippen LogP contribution is 2.55. The quantitative estimate of drug-likeness (QED) is 0.589. The highest BCUT2D eigenvalue weighted by Gasteiger charge is 2.55. The molecule has 0 heterocycles. The molecule has 0 saturated heterocycles. The lowest BCUT2D eigenvalue weighted by Gasteiger charge is -2.36. The summed E-state index contributed by atoms with van der Waals surface area (Å²) in [5.41, 5.74) is -0.399. The average molecular weight is 192 g/mol. The number of rotatable bonds is 0. The van der Waals surface area contributed by atoms with Gasteiger partial charge in [0.15, 0.2) is 5.78 Å². The van der Waals surface area contributed by atoms with Gasteiger partial charge in [0.05, 0.1) is 0 Å². The third kappa shape index (κ3) is 1.09. The zero-order chi connectivity index (χ0) is 10.6. The van der Waals surface area contributed by atoms with Crippen LogP contribution in [-0.2, 0) is 9.59 Å². The van der Waals surface area contributed by atoms with Crippen LogP contribution in [0.4, 0.5) is 0 Å². The van der Waals surface area contributed by atoms with Gasteiger partial charge in [0.1, 0.15) is 5.78 Å². The molecular weight excluding hydrogens is 176 g/mol. The van der Waals surface area contributed by atoms with Gasteiger partial charge >= 0.3 is 0 Å². The Morgan fingerprint density at radius 2 is 1.93 bits per heavy atom. The van der Waals surface area contributed by atoms with E-state index in [4.69, 9.17) is 0 Å². The molecule has 2 aliphatic carbocycles. The molecule has 2 heteroatoms. The molecule has 76 valence electrons. The molecule has 0 aliphatic heterocycles. The number of hydrogen-bond donors (Lipinski definition) is 0. The summed E-state index contributed by atoms with van der Waals surface area (Å²) >= 11 is 0. The highest BCUT2D eigenvalue weighted by molar-refractivity contribution is 5.95. The molecule has 0 bridgehead atoms. The van der Waals surface area contributed by atoms with Gasteiger partial charge in [-0.15, -0.1) is 0 Å². The molecular formula is C12H16O2. The molecule has 0 amide bonds. The largest absolute Gasteiger partial charge is 0.299 e. The number of carbonyl (C=O) groups is 2. The first-order chi connectivity index (χ1) is 6.36. The standard InChI is InChI=1S/C12H16O2/c1-11(2)9-6-8(13)4-5-12(9,3)7-10(11)14/h4-5,9H,6-7H2,1-3H3/t9-,12+/m1/s1. The monoisotopic (exact) mass is 192 g/mol. The third-order valence-electron chi connectivity index (χ3n) is 3.98. The molecule has 0 aromatic heterocycles. The summed E-state index contributed by atoms with van der Waals surface area (Å²) in [5.74, 6) is 0.652. The second-order valence-electron chi connectivity index (χ2n) is 5.38.